The normalized spacial score (nSPS) is 12.1. The van der Waals surface area contributed by atoms with Crippen molar-refractivity contribution in [1.29, 1.82) is 5.26 Å². The number of halogens is 1. The van der Waals surface area contributed by atoms with E-state index in [1.54, 1.807) is 12.1 Å². The minimum absolute atomic E-state index is 0.147. The molecular weight excluding hydrogens is 244 g/mol. The van der Waals surface area contributed by atoms with Crippen molar-refractivity contribution in [3.63, 3.8) is 0 Å². The van der Waals surface area contributed by atoms with Gasteiger partial charge in [-0.05, 0) is 24.6 Å². The third-order valence-electron chi connectivity index (χ3n) is 2.02. The standard InChI is InChI=1S/C10H11BrN2O/c1-6-4-10(14)7(5-8(6)11)9(13)2-3-12/h4-5,9,14H,2,13H2,1H3/t9-/m0/s1. The minimum Gasteiger partial charge on any atom is -0.508 e. The van der Waals surface area contributed by atoms with Crippen LogP contribution in [0, 0.1) is 18.3 Å². The van der Waals surface area contributed by atoms with Crippen LogP contribution >= 0.6 is 15.9 Å². The average Bonchev–Trinajstić information content (AvgIpc) is 2.11. The van der Waals surface area contributed by atoms with E-state index in [0.29, 0.717) is 5.56 Å². The Labute approximate surface area is 91.3 Å². The van der Waals surface area contributed by atoms with E-state index in [2.05, 4.69) is 15.9 Å². The molecule has 74 valence electrons. The second kappa shape index (κ2) is 4.45. The summed E-state index contributed by atoms with van der Waals surface area (Å²) in [5.74, 6) is 0.147. The number of rotatable bonds is 2. The van der Waals surface area contributed by atoms with E-state index in [-0.39, 0.29) is 12.2 Å². The molecule has 1 aromatic rings. The Kier molecular flexibility index (Phi) is 3.50. The van der Waals surface area contributed by atoms with E-state index in [1.165, 1.54) is 0 Å². The predicted octanol–water partition coefficient (Wildman–Crippen LogP) is 2.38. The molecular formula is C10H11BrN2O. The number of hydrogen-bond acceptors (Lipinski definition) is 3. The number of aromatic hydroxyl groups is 1. The van der Waals surface area contributed by atoms with Crippen LogP contribution in [0.4, 0.5) is 0 Å². The van der Waals surface area contributed by atoms with Crippen molar-refractivity contribution in [2.45, 2.75) is 19.4 Å². The molecule has 1 rings (SSSR count). The number of nitriles is 1. The van der Waals surface area contributed by atoms with Gasteiger partial charge in [0.1, 0.15) is 5.75 Å². The van der Waals surface area contributed by atoms with Crippen molar-refractivity contribution in [2.75, 3.05) is 0 Å². The molecule has 0 fully saturated rings. The van der Waals surface area contributed by atoms with Gasteiger partial charge in [-0.15, -0.1) is 0 Å². The van der Waals surface area contributed by atoms with Crippen molar-refractivity contribution < 1.29 is 5.11 Å². The Bertz CT molecular complexity index is 384. The number of aryl methyl sites for hydroxylation is 1. The van der Waals surface area contributed by atoms with E-state index < -0.39 is 6.04 Å². The monoisotopic (exact) mass is 254 g/mol. The smallest absolute Gasteiger partial charge is 0.120 e. The Morgan fingerprint density at radius 3 is 2.86 bits per heavy atom. The first-order valence-electron chi connectivity index (χ1n) is 4.17. The molecule has 0 aromatic heterocycles. The van der Waals surface area contributed by atoms with Crippen molar-refractivity contribution >= 4 is 15.9 Å². The number of nitrogens with zero attached hydrogens (tertiary/aromatic N) is 1. The van der Waals surface area contributed by atoms with Gasteiger partial charge < -0.3 is 10.8 Å². The maximum Gasteiger partial charge on any atom is 0.120 e. The molecule has 1 atom stereocenters. The second-order valence-corrected chi connectivity index (χ2v) is 3.98. The minimum atomic E-state index is -0.433. The molecule has 4 heteroatoms. The van der Waals surface area contributed by atoms with Crippen molar-refractivity contribution in [1.82, 2.24) is 0 Å². The Morgan fingerprint density at radius 1 is 1.64 bits per heavy atom. The van der Waals surface area contributed by atoms with Gasteiger partial charge in [-0.1, -0.05) is 15.9 Å². The van der Waals surface area contributed by atoms with E-state index in [9.17, 15) is 5.11 Å². The van der Waals surface area contributed by atoms with E-state index in [0.717, 1.165) is 10.0 Å². The van der Waals surface area contributed by atoms with Crippen LogP contribution in [-0.2, 0) is 0 Å². The van der Waals surface area contributed by atoms with Gasteiger partial charge in [0.2, 0.25) is 0 Å². The zero-order valence-electron chi connectivity index (χ0n) is 7.79. The number of phenolic OH excluding ortho intramolecular Hbond substituents is 1. The molecule has 0 amide bonds. The lowest BCUT2D eigenvalue weighted by Gasteiger charge is -2.11. The highest BCUT2D eigenvalue weighted by molar-refractivity contribution is 9.10. The van der Waals surface area contributed by atoms with E-state index in [4.69, 9.17) is 11.0 Å². The quantitative estimate of drug-likeness (QED) is 0.852. The van der Waals surface area contributed by atoms with Crippen LogP contribution in [0.25, 0.3) is 0 Å². The Hall–Kier alpha value is -1.05. The zero-order chi connectivity index (χ0) is 10.7. The zero-order valence-corrected chi connectivity index (χ0v) is 9.37. The summed E-state index contributed by atoms with van der Waals surface area (Å²) in [6.45, 7) is 1.88. The van der Waals surface area contributed by atoms with Crippen LogP contribution in [0.3, 0.4) is 0 Å². The summed E-state index contributed by atoms with van der Waals surface area (Å²) in [7, 11) is 0. The van der Waals surface area contributed by atoms with Crippen LogP contribution in [0.15, 0.2) is 16.6 Å². The summed E-state index contributed by atoms with van der Waals surface area (Å²) in [4.78, 5) is 0. The molecule has 3 N–H and O–H groups in total. The summed E-state index contributed by atoms with van der Waals surface area (Å²) in [5, 5.41) is 18.1. The molecule has 0 saturated heterocycles. The largest absolute Gasteiger partial charge is 0.508 e. The Morgan fingerprint density at radius 2 is 2.29 bits per heavy atom. The highest BCUT2D eigenvalue weighted by Crippen LogP contribution is 2.30. The molecule has 1 aromatic carbocycles. The molecule has 0 aliphatic carbocycles. The van der Waals surface area contributed by atoms with E-state index >= 15 is 0 Å². The fraction of sp³-hybridized carbons (Fsp3) is 0.300. The lowest BCUT2D eigenvalue weighted by molar-refractivity contribution is 0.461. The first-order chi connectivity index (χ1) is 6.56. The Balaban J connectivity index is 3.10. The molecule has 0 saturated carbocycles. The molecule has 0 aliphatic heterocycles. The summed E-state index contributed by atoms with van der Waals surface area (Å²) in [5.41, 5.74) is 7.26. The average molecular weight is 255 g/mol. The highest BCUT2D eigenvalue weighted by atomic mass is 79.9. The maximum atomic E-state index is 9.60. The van der Waals surface area contributed by atoms with Gasteiger partial charge in [-0.25, -0.2) is 0 Å². The van der Waals surface area contributed by atoms with Gasteiger partial charge in [-0.2, -0.15) is 5.26 Å². The molecule has 0 radical (unpaired) electrons. The molecule has 0 aliphatic rings. The fourth-order valence-corrected chi connectivity index (χ4v) is 1.55. The highest BCUT2D eigenvalue weighted by Gasteiger charge is 2.12. The SMILES string of the molecule is Cc1cc(O)c([C@@H](N)CC#N)cc1Br. The second-order valence-electron chi connectivity index (χ2n) is 3.13. The molecule has 14 heavy (non-hydrogen) atoms. The van der Waals surface area contributed by atoms with Crippen LogP contribution in [0.5, 0.6) is 5.75 Å². The van der Waals surface area contributed by atoms with Crippen LogP contribution < -0.4 is 5.73 Å². The third kappa shape index (κ3) is 2.25. The topological polar surface area (TPSA) is 70.0 Å². The summed E-state index contributed by atoms with van der Waals surface area (Å²) in [6, 6.07) is 4.93. The van der Waals surface area contributed by atoms with Crippen LogP contribution in [-0.4, -0.2) is 5.11 Å². The van der Waals surface area contributed by atoms with Crippen molar-refractivity contribution in [3.05, 3.63) is 27.7 Å². The van der Waals surface area contributed by atoms with Crippen molar-refractivity contribution in [2.24, 2.45) is 5.73 Å². The van der Waals surface area contributed by atoms with Crippen LogP contribution in [0.2, 0.25) is 0 Å². The molecule has 0 bridgehead atoms. The summed E-state index contributed by atoms with van der Waals surface area (Å²) < 4.78 is 0.888. The number of benzene rings is 1. The molecule has 0 unspecified atom stereocenters. The predicted molar refractivity (Wildman–Crippen MR) is 57.7 cm³/mol. The van der Waals surface area contributed by atoms with Crippen LogP contribution in [0.1, 0.15) is 23.6 Å². The van der Waals surface area contributed by atoms with Gasteiger partial charge >= 0.3 is 0 Å². The van der Waals surface area contributed by atoms with Gasteiger partial charge in [0.15, 0.2) is 0 Å². The molecule has 0 heterocycles. The molecule has 3 nitrogen and oxygen atoms in total. The van der Waals surface area contributed by atoms with Gasteiger partial charge in [0.05, 0.1) is 12.5 Å². The summed E-state index contributed by atoms with van der Waals surface area (Å²) in [6.07, 6.45) is 0.197. The van der Waals surface area contributed by atoms with Gasteiger partial charge in [-0.3, -0.25) is 0 Å². The third-order valence-corrected chi connectivity index (χ3v) is 2.87. The maximum absolute atomic E-state index is 9.60. The summed E-state index contributed by atoms with van der Waals surface area (Å²) >= 11 is 3.35. The van der Waals surface area contributed by atoms with Gasteiger partial charge in [0.25, 0.3) is 0 Å². The van der Waals surface area contributed by atoms with Crippen molar-refractivity contribution in [3.8, 4) is 11.8 Å². The fourth-order valence-electron chi connectivity index (χ4n) is 1.19. The lowest BCUT2D eigenvalue weighted by atomic mass is 10.0. The van der Waals surface area contributed by atoms with Gasteiger partial charge in [0, 0.05) is 16.1 Å². The first-order valence-corrected chi connectivity index (χ1v) is 4.97. The number of hydrogen-bond donors (Lipinski definition) is 2. The number of phenols is 1. The van der Waals surface area contributed by atoms with E-state index in [1.807, 2.05) is 13.0 Å². The molecule has 0 spiro atoms. The first kappa shape index (κ1) is 11.0. The lowest BCUT2D eigenvalue weighted by Crippen LogP contribution is -2.09. The number of nitrogens with two attached hydrogens (primary N) is 1.